The fourth-order valence-electron chi connectivity index (χ4n) is 1.98. The smallest absolute Gasteiger partial charge is 0.252 e. The van der Waals surface area contributed by atoms with E-state index < -0.39 is 10.0 Å². The minimum Gasteiger partial charge on any atom is -0.339 e. The van der Waals surface area contributed by atoms with Crippen molar-refractivity contribution in [2.24, 2.45) is 0 Å². The van der Waals surface area contributed by atoms with E-state index in [9.17, 15) is 8.42 Å². The number of rotatable bonds is 4. The lowest BCUT2D eigenvalue weighted by Crippen LogP contribution is -2.48. The lowest BCUT2D eigenvalue weighted by molar-refractivity contribution is 0.217. The molecule has 1 fully saturated rings. The zero-order valence-electron chi connectivity index (χ0n) is 11.2. The van der Waals surface area contributed by atoms with Crippen LogP contribution in [-0.2, 0) is 10.0 Å². The maximum Gasteiger partial charge on any atom is 0.252 e. The Morgan fingerprint density at radius 2 is 2.20 bits per heavy atom. The maximum atomic E-state index is 12.2. The standard InChI is InChI=1S/C12H15N3O3S2/c1-8(2)11-13-12(18-14-11)9-6-15(7-9)20(16,17)10-4-3-5-19-10/h3-5,8-9H,6-7H2,1-2H3. The highest BCUT2D eigenvalue weighted by Crippen LogP contribution is 2.32. The molecule has 1 aliphatic rings. The summed E-state index contributed by atoms with van der Waals surface area (Å²) in [5.41, 5.74) is 0. The lowest BCUT2D eigenvalue weighted by atomic mass is 10.0. The van der Waals surface area contributed by atoms with Crippen LogP contribution in [0, 0.1) is 0 Å². The summed E-state index contributed by atoms with van der Waals surface area (Å²) >= 11 is 1.23. The number of aromatic nitrogens is 2. The molecule has 3 heterocycles. The Hall–Kier alpha value is -1.25. The van der Waals surface area contributed by atoms with E-state index in [2.05, 4.69) is 10.1 Å². The van der Waals surface area contributed by atoms with Crippen LogP contribution in [0.2, 0.25) is 0 Å². The van der Waals surface area contributed by atoms with Crippen molar-refractivity contribution in [3.05, 3.63) is 29.2 Å². The minimum atomic E-state index is -3.35. The van der Waals surface area contributed by atoms with Crippen molar-refractivity contribution in [2.75, 3.05) is 13.1 Å². The molecule has 8 heteroatoms. The average molecular weight is 313 g/mol. The third kappa shape index (κ3) is 2.27. The first-order chi connectivity index (χ1) is 9.48. The van der Waals surface area contributed by atoms with Crippen LogP contribution in [0.3, 0.4) is 0 Å². The van der Waals surface area contributed by atoms with Crippen molar-refractivity contribution < 1.29 is 12.9 Å². The molecule has 0 aromatic carbocycles. The van der Waals surface area contributed by atoms with Crippen LogP contribution >= 0.6 is 11.3 Å². The molecule has 3 rings (SSSR count). The van der Waals surface area contributed by atoms with Crippen molar-refractivity contribution in [3.63, 3.8) is 0 Å². The number of sulfonamides is 1. The van der Waals surface area contributed by atoms with Gasteiger partial charge >= 0.3 is 0 Å². The second-order valence-electron chi connectivity index (χ2n) is 5.10. The molecule has 108 valence electrons. The Labute approximate surface area is 121 Å². The van der Waals surface area contributed by atoms with Crippen LogP contribution in [0.1, 0.15) is 37.4 Å². The van der Waals surface area contributed by atoms with E-state index in [0.717, 1.165) is 0 Å². The van der Waals surface area contributed by atoms with Gasteiger partial charge in [0.25, 0.3) is 10.0 Å². The lowest BCUT2D eigenvalue weighted by Gasteiger charge is -2.35. The maximum absolute atomic E-state index is 12.2. The van der Waals surface area contributed by atoms with Gasteiger partial charge in [0.2, 0.25) is 5.89 Å². The quantitative estimate of drug-likeness (QED) is 0.863. The van der Waals surface area contributed by atoms with Gasteiger partial charge in [-0.25, -0.2) is 8.42 Å². The summed E-state index contributed by atoms with van der Waals surface area (Å²) in [6.45, 7) is 4.78. The van der Waals surface area contributed by atoms with E-state index >= 15 is 0 Å². The van der Waals surface area contributed by atoms with Gasteiger partial charge in [0, 0.05) is 19.0 Å². The van der Waals surface area contributed by atoms with Crippen LogP contribution in [0.25, 0.3) is 0 Å². The molecule has 0 saturated carbocycles. The van der Waals surface area contributed by atoms with Crippen LogP contribution in [0.15, 0.2) is 26.2 Å². The zero-order valence-corrected chi connectivity index (χ0v) is 12.8. The minimum absolute atomic E-state index is 0.00439. The molecule has 0 bridgehead atoms. The summed E-state index contributed by atoms with van der Waals surface area (Å²) in [6, 6.07) is 3.36. The first-order valence-corrected chi connectivity index (χ1v) is 8.67. The van der Waals surface area contributed by atoms with Crippen molar-refractivity contribution in [1.29, 1.82) is 0 Å². The first-order valence-electron chi connectivity index (χ1n) is 6.35. The summed E-state index contributed by atoms with van der Waals surface area (Å²) in [4.78, 5) is 4.31. The predicted molar refractivity (Wildman–Crippen MR) is 74.2 cm³/mol. The fourth-order valence-corrected chi connectivity index (χ4v) is 4.65. The highest BCUT2D eigenvalue weighted by atomic mass is 32.2. The molecule has 0 atom stereocenters. The van der Waals surface area contributed by atoms with Crippen molar-refractivity contribution in [1.82, 2.24) is 14.4 Å². The molecular weight excluding hydrogens is 298 g/mol. The normalized spacial score (nSPS) is 17.6. The molecule has 0 aliphatic carbocycles. The molecule has 20 heavy (non-hydrogen) atoms. The van der Waals surface area contributed by atoms with Crippen LogP contribution in [0.5, 0.6) is 0 Å². The summed E-state index contributed by atoms with van der Waals surface area (Å²) in [6.07, 6.45) is 0. The summed E-state index contributed by atoms with van der Waals surface area (Å²) in [5.74, 6) is 1.41. The van der Waals surface area contributed by atoms with E-state index in [1.54, 1.807) is 17.5 Å². The van der Waals surface area contributed by atoms with E-state index in [1.165, 1.54) is 15.6 Å². The summed E-state index contributed by atoms with van der Waals surface area (Å²) < 4.78 is 31.5. The van der Waals surface area contributed by atoms with Gasteiger partial charge in [-0.3, -0.25) is 0 Å². The van der Waals surface area contributed by atoms with Crippen LogP contribution in [-0.4, -0.2) is 36.0 Å². The van der Waals surface area contributed by atoms with Gasteiger partial charge < -0.3 is 4.52 Å². The molecule has 0 unspecified atom stereocenters. The predicted octanol–water partition coefficient (Wildman–Crippen LogP) is 2.04. The Balaban J connectivity index is 1.69. The Bertz CT molecular complexity index is 685. The summed E-state index contributed by atoms with van der Waals surface area (Å²) in [7, 11) is -3.35. The van der Waals surface area contributed by atoms with Gasteiger partial charge in [-0.2, -0.15) is 9.29 Å². The zero-order chi connectivity index (χ0) is 14.3. The van der Waals surface area contributed by atoms with E-state index in [1.807, 2.05) is 13.8 Å². The number of hydrogen-bond donors (Lipinski definition) is 0. The van der Waals surface area contributed by atoms with E-state index in [4.69, 9.17) is 4.52 Å². The molecule has 2 aromatic rings. The number of hydrogen-bond acceptors (Lipinski definition) is 6. The molecule has 1 saturated heterocycles. The van der Waals surface area contributed by atoms with Crippen molar-refractivity contribution >= 4 is 21.4 Å². The first kappa shape index (κ1) is 13.7. The van der Waals surface area contributed by atoms with Gasteiger partial charge in [-0.1, -0.05) is 25.1 Å². The fraction of sp³-hybridized carbons (Fsp3) is 0.500. The topological polar surface area (TPSA) is 76.3 Å². The molecule has 0 spiro atoms. The highest BCUT2D eigenvalue weighted by Gasteiger charge is 2.40. The number of nitrogens with zero attached hydrogens (tertiary/aromatic N) is 3. The SMILES string of the molecule is CC(C)c1noc(C2CN(S(=O)(=O)c3cccs3)C2)n1. The Kier molecular flexibility index (Phi) is 3.39. The second kappa shape index (κ2) is 4.94. The van der Waals surface area contributed by atoms with Gasteiger partial charge in [0.05, 0.1) is 5.92 Å². The monoisotopic (exact) mass is 313 g/mol. The third-order valence-corrected chi connectivity index (χ3v) is 6.47. The number of thiophene rings is 1. The third-order valence-electron chi connectivity index (χ3n) is 3.26. The highest BCUT2D eigenvalue weighted by molar-refractivity contribution is 7.91. The van der Waals surface area contributed by atoms with Crippen LogP contribution < -0.4 is 0 Å². The Morgan fingerprint density at radius 3 is 2.75 bits per heavy atom. The van der Waals surface area contributed by atoms with E-state index in [-0.39, 0.29) is 11.8 Å². The van der Waals surface area contributed by atoms with Crippen molar-refractivity contribution in [2.45, 2.75) is 29.9 Å². The average Bonchev–Trinajstić information content (AvgIpc) is 2.97. The Morgan fingerprint density at radius 1 is 1.45 bits per heavy atom. The van der Waals surface area contributed by atoms with Crippen molar-refractivity contribution in [3.8, 4) is 0 Å². The molecule has 6 nitrogen and oxygen atoms in total. The van der Waals surface area contributed by atoms with Gasteiger partial charge in [0.15, 0.2) is 5.82 Å². The van der Waals surface area contributed by atoms with Gasteiger partial charge in [-0.05, 0) is 11.4 Å². The molecule has 0 amide bonds. The molecule has 2 aromatic heterocycles. The van der Waals surface area contributed by atoms with Gasteiger partial charge in [0.1, 0.15) is 4.21 Å². The molecule has 0 N–H and O–H groups in total. The largest absolute Gasteiger partial charge is 0.339 e. The van der Waals surface area contributed by atoms with Crippen LogP contribution in [0.4, 0.5) is 0 Å². The van der Waals surface area contributed by atoms with E-state index in [0.29, 0.717) is 29.0 Å². The molecule has 1 aliphatic heterocycles. The second-order valence-corrected chi connectivity index (χ2v) is 8.21. The summed E-state index contributed by atoms with van der Waals surface area (Å²) in [5, 5.41) is 5.66. The molecular formula is C12H15N3O3S2. The van der Waals surface area contributed by atoms with Gasteiger partial charge in [-0.15, -0.1) is 11.3 Å². The molecule has 0 radical (unpaired) electrons.